The van der Waals surface area contributed by atoms with Gasteiger partial charge in [0.25, 0.3) is 5.91 Å². The van der Waals surface area contributed by atoms with E-state index in [0.29, 0.717) is 12.2 Å². The predicted molar refractivity (Wildman–Crippen MR) is 87.4 cm³/mol. The van der Waals surface area contributed by atoms with Crippen LogP contribution in [0.1, 0.15) is 41.9 Å². The maximum absolute atomic E-state index is 13.0. The number of hydrogen-bond donors (Lipinski definition) is 2. The summed E-state index contributed by atoms with van der Waals surface area (Å²) in [6.07, 6.45) is 4.18. The van der Waals surface area contributed by atoms with E-state index in [2.05, 4.69) is 15.6 Å². The Morgan fingerprint density at radius 3 is 2.75 bits per heavy atom. The number of rotatable bonds is 6. The molecule has 1 aromatic carbocycles. The minimum absolute atomic E-state index is 0.117. The minimum atomic E-state index is -0.273. The van der Waals surface area contributed by atoms with Crippen LogP contribution in [0.2, 0.25) is 0 Å². The lowest BCUT2D eigenvalue weighted by Gasteiger charge is -2.12. The molecule has 0 radical (unpaired) electrons. The minimum Gasteiger partial charge on any atom is -0.345 e. The Kier molecular flexibility index (Phi) is 5.20. The summed E-state index contributed by atoms with van der Waals surface area (Å²) in [5, 5.41) is 10.9. The monoisotopic (exact) mass is 332 g/mol. The summed E-state index contributed by atoms with van der Waals surface area (Å²) < 4.78 is 14.6. The van der Waals surface area contributed by atoms with Crippen molar-refractivity contribution in [1.82, 2.24) is 20.3 Å². The number of carbonyl (C=O) groups excluding carboxylic acids is 1. The van der Waals surface area contributed by atoms with Gasteiger partial charge in [0.15, 0.2) is 5.69 Å². The van der Waals surface area contributed by atoms with Crippen LogP contribution >= 0.6 is 0 Å². The number of likely N-dealkylation sites (tertiary alicyclic amines) is 1. The molecule has 0 bridgehead atoms. The van der Waals surface area contributed by atoms with Crippen molar-refractivity contribution in [1.29, 1.82) is 0 Å². The molecule has 1 atom stereocenters. The first-order chi connectivity index (χ1) is 11.6. The number of carbonyl (C=O) groups is 1. The molecule has 1 amide bonds. The predicted octanol–water partition coefficient (Wildman–Crippen LogP) is 0.435. The molecule has 2 heterocycles. The first-order valence-corrected chi connectivity index (χ1v) is 8.42. The maximum atomic E-state index is 13.0. The molecule has 2 aromatic rings. The number of hydrogen-bond acceptors (Lipinski definition) is 3. The van der Waals surface area contributed by atoms with Crippen molar-refractivity contribution in [2.24, 2.45) is 0 Å². The van der Waals surface area contributed by atoms with Gasteiger partial charge in [-0.1, -0.05) is 17.3 Å². The highest BCUT2D eigenvalue weighted by Gasteiger charge is 2.17. The second-order valence-electron chi connectivity index (χ2n) is 6.27. The molecule has 0 aliphatic carbocycles. The highest BCUT2D eigenvalue weighted by Crippen LogP contribution is 2.17. The Bertz CT molecular complexity index is 679. The van der Waals surface area contributed by atoms with E-state index in [1.165, 1.54) is 38.1 Å². The number of halogens is 1. The average Bonchev–Trinajstić information content (AvgIpc) is 3.26. The summed E-state index contributed by atoms with van der Waals surface area (Å²) in [6, 6.07) is 6.13. The number of benzene rings is 1. The van der Waals surface area contributed by atoms with E-state index >= 15 is 0 Å². The third-order valence-corrected chi connectivity index (χ3v) is 4.57. The van der Waals surface area contributed by atoms with Gasteiger partial charge < -0.3 is 10.2 Å². The highest BCUT2D eigenvalue weighted by molar-refractivity contribution is 5.91. The molecule has 7 heteroatoms. The third-order valence-electron chi connectivity index (χ3n) is 4.57. The van der Waals surface area contributed by atoms with Crippen molar-refractivity contribution < 1.29 is 14.1 Å². The first-order valence-electron chi connectivity index (χ1n) is 8.42. The summed E-state index contributed by atoms with van der Waals surface area (Å²) in [5.74, 6) is -0.476. The Labute approximate surface area is 140 Å². The van der Waals surface area contributed by atoms with Crippen LogP contribution in [-0.2, 0) is 0 Å². The fourth-order valence-corrected chi connectivity index (χ4v) is 3.03. The van der Waals surface area contributed by atoms with Gasteiger partial charge in [0.1, 0.15) is 5.82 Å². The zero-order valence-corrected chi connectivity index (χ0v) is 13.8. The molecule has 6 nitrogen and oxygen atoms in total. The second kappa shape index (κ2) is 7.53. The Hall–Kier alpha value is -2.28. The fraction of sp³-hybridized carbons (Fsp3) is 0.471. The second-order valence-corrected chi connectivity index (χ2v) is 6.27. The van der Waals surface area contributed by atoms with E-state index in [4.69, 9.17) is 0 Å². The van der Waals surface area contributed by atoms with E-state index < -0.39 is 0 Å². The van der Waals surface area contributed by atoms with Gasteiger partial charge in [-0.05, 0) is 24.6 Å². The Morgan fingerprint density at radius 2 is 2.04 bits per heavy atom. The standard InChI is InChI=1S/C17H22FN5O/c1-13(14-4-6-15(18)7-5-14)23-12-16(20-21-23)17(24)19-8-11-22-9-2-3-10-22/h4-7,12-13H,2-3,8-11H2,1H3,(H,19,24)/p+1/t13-/m0/s1. The van der Waals surface area contributed by atoms with Crippen LogP contribution in [0, 0.1) is 5.82 Å². The molecule has 24 heavy (non-hydrogen) atoms. The van der Waals surface area contributed by atoms with E-state index in [9.17, 15) is 9.18 Å². The number of nitrogens with one attached hydrogen (secondary N) is 2. The molecular formula is C17H23FN5O+. The fourth-order valence-electron chi connectivity index (χ4n) is 3.03. The van der Waals surface area contributed by atoms with Crippen molar-refractivity contribution in [2.75, 3.05) is 26.2 Å². The van der Waals surface area contributed by atoms with Crippen molar-refractivity contribution in [3.63, 3.8) is 0 Å². The molecule has 1 aromatic heterocycles. The van der Waals surface area contributed by atoms with Gasteiger partial charge in [-0.15, -0.1) is 5.10 Å². The van der Waals surface area contributed by atoms with Gasteiger partial charge >= 0.3 is 0 Å². The zero-order chi connectivity index (χ0) is 16.9. The molecule has 1 aliphatic rings. The molecule has 2 N–H and O–H groups in total. The molecule has 3 rings (SSSR count). The third kappa shape index (κ3) is 3.97. The SMILES string of the molecule is C[C@@H](c1ccc(F)cc1)n1cc(C(=O)NCC[NH+]2CCCC2)nn1. The van der Waals surface area contributed by atoms with E-state index in [1.54, 1.807) is 27.9 Å². The van der Waals surface area contributed by atoms with Crippen molar-refractivity contribution in [3.8, 4) is 0 Å². The molecule has 0 unspecified atom stereocenters. The van der Waals surface area contributed by atoms with Gasteiger partial charge in [-0.3, -0.25) is 4.79 Å². The van der Waals surface area contributed by atoms with Crippen LogP contribution in [0.25, 0.3) is 0 Å². The van der Waals surface area contributed by atoms with Crippen molar-refractivity contribution in [3.05, 3.63) is 47.5 Å². The van der Waals surface area contributed by atoms with Crippen LogP contribution in [0.4, 0.5) is 4.39 Å². The molecule has 0 spiro atoms. The molecule has 1 aliphatic heterocycles. The summed E-state index contributed by atoms with van der Waals surface area (Å²) in [4.78, 5) is 13.7. The lowest BCUT2D eigenvalue weighted by molar-refractivity contribution is -0.886. The lowest BCUT2D eigenvalue weighted by atomic mass is 10.1. The quantitative estimate of drug-likeness (QED) is 0.807. The summed E-state index contributed by atoms with van der Waals surface area (Å²) in [5.41, 5.74) is 1.21. The molecule has 1 fully saturated rings. The van der Waals surface area contributed by atoms with Gasteiger partial charge in [0.05, 0.1) is 38.4 Å². The molecule has 0 saturated carbocycles. The van der Waals surface area contributed by atoms with Crippen LogP contribution in [-0.4, -0.2) is 47.1 Å². The summed E-state index contributed by atoms with van der Waals surface area (Å²) >= 11 is 0. The number of nitrogens with zero attached hydrogens (tertiary/aromatic N) is 3. The molecular weight excluding hydrogens is 309 g/mol. The molecule has 128 valence electrons. The smallest absolute Gasteiger partial charge is 0.273 e. The van der Waals surface area contributed by atoms with Crippen LogP contribution < -0.4 is 10.2 Å². The van der Waals surface area contributed by atoms with Gasteiger partial charge in [-0.25, -0.2) is 9.07 Å². The van der Waals surface area contributed by atoms with Gasteiger partial charge in [0, 0.05) is 12.8 Å². The maximum Gasteiger partial charge on any atom is 0.273 e. The number of aromatic nitrogens is 3. The summed E-state index contributed by atoms with van der Waals surface area (Å²) in [7, 11) is 0. The van der Waals surface area contributed by atoms with Crippen LogP contribution in [0.15, 0.2) is 30.5 Å². The lowest BCUT2D eigenvalue weighted by Crippen LogP contribution is -3.10. The van der Waals surface area contributed by atoms with Crippen LogP contribution in [0.5, 0.6) is 0 Å². The number of amides is 1. The van der Waals surface area contributed by atoms with Gasteiger partial charge in [-0.2, -0.15) is 0 Å². The zero-order valence-electron chi connectivity index (χ0n) is 13.8. The van der Waals surface area contributed by atoms with E-state index in [1.807, 2.05) is 6.92 Å². The van der Waals surface area contributed by atoms with Crippen LogP contribution in [0.3, 0.4) is 0 Å². The number of quaternary nitrogens is 1. The van der Waals surface area contributed by atoms with Gasteiger partial charge in [0.2, 0.25) is 0 Å². The van der Waals surface area contributed by atoms with E-state index in [-0.39, 0.29) is 17.8 Å². The summed E-state index contributed by atoms with van der Waals surface area (Å²) in [6.45, 7) is 5.92. The Morgan fingerprint density at radius 1 is 1.33 bits per heavy atom. The highest BCUT2D eigenvalue weighted by atomic mass is 19.1. The van der Waals surface area contributed by atoms with Crippen molar-refractivity contribution in [2.45, 2.75) is 25.8 Å². The average molecular weight is 332 g/mol. The van der Waals surface area contributed by atoms with Crippen molar-refractivity contribution >= 4 is 5.91 Å². The Balaban J connectivity index is 1.55. The normalized spacial score (nSPS) is 16.2. The first kappa shape index (κ1) is 16.6. The molecule has 1 saturated heterocycles. The van der Waals surface area contributed by atoms with E-state index in [0.717, 1.165) is 12.1 Å². The largest absolute Gasteiger partial charge is 0.345 e. The topological polar surface area (TPSA) is 64.2 Å².